The van der Waals surface area contributed by atoms with Crippen LogP contribution in [0.25, 0.3) is 23.5 Å². The molecule has 0 unspecified atom stereocenters. The quantitative estimate of drug-likeness (QED) is 0.355. The third-order valence-corrected chi connectivity index (χ3v) is 6.38. The molecule has 34 heavy (non-hydrogen) atoms. The highest BCUT2D eigenvalue weighted by atomic mass is 19.1. The van der Waals surface area contributed by atoms with Gasteiger partial charge in [0.05, 0.1) is 18.8 Å². The molecule has 0 atom stereocenters. The zero-order valence-electron chi connectivity index (χ0n) is 20.1. The molecular formula is C30H33FO3. The predicted octanol–water partition coefficient (Wildman–Crippen LogP) is 8.33. The third-order valence-electron chi connectivity index (χ3n) is 6.38. The van der Waals surface area contributed by atoms with Crippen molar-refractivity contribution in [1.82, 2.24) is 0 Å². The van der Waals surface area contributed by atoms with Crippen molar-refractivity contribution >= 4 is 12.2 Å². The van der Waals surface area contributed by atoms with Crippen molar-refractivity contribution in [3.63, 3.8) is 0 Å². The van der Waals surface area contributed by atoms with Gasteiger partial charge in [-0.3, -0.25) is 0 Å². The van der Waals surface area contributed by atoms with Gasteiger partial charge < -0.3 is 13.9 Å². The van der Waals surface area contributed by atoms with Crippen LogP contribution in [-0.4, -0.2) is 13.2 Å². The maximum atomic E-state index is 14.9. The molecule has 2 heterocycles. The maximum absolute atomic E-state index is 14.9. The summed E-state index contributed by atoms with van der Waals surface area (Å²) >= 11 is 0. The lowest BCUT2D eigenvalue weighted by Crippen LogP contribution is -2.17. The molecule has 3 nitrogen and oxygen atoms in total. The van der Waals surface area contributed by atoms with Gasteiger partial charge >= 0.3 is 0 Å². The molecule has 0 spiro atoms. The number of furan rings is 1. The van der Waals surface area contributed by atoms with Gasteiger partial charge in [-0.25, -0.2) is 4.39 Å². The zero-order chi connectivity index (χ0) is 24.0. The summed E-state index contributed by atoms with van der Waals surface area (Å²) < 4.78 is 32.0. The Balaban J connectivity index is 0.00000133. The van der Waals surface area contributed by atoms with E-state index >= 15 is 0 Å². The second-order valence-electron chi connectivity index (χ2n) is 8.55. The first-order valence-corrected chi connectivity index (χ1v) is 12.2. The third kappa shape index (κ3) is 5.24. The highest BCUT2D eigenvalue weighted by molar-refractivity contribution is 5.69. The fourth-order valence-electron chi connectivity index (χ4n) is 4.36. The van der Waals surface area contributed by atoms with Gasteiger partial charge in [-0.2, -0.15) is 0 Å². The van der Waals surface area contributed by atoms with Crippen LogP contribution >= 0.6 is 0 Å². The van der Waals surface area contributed by atoms with Gasteiger partial charge in [0.25, 0.3) is 0 Å². The largest absolute Gasteiger partial charge is 0.456 e. The molecule has 0 N–H and O–H groups in total. The van der Waals surface area contributed by atoms with E-state index in [9.17, 15) is 4.39 Å². The summed E-state index contributed by atoms with van der Waals surface area (Å²) in [5, 5.41) is 0. The normalized spacial score (nSPS) is 17.3. The molecule has 0 radical (unpaired) electrons. The minimum absolute atomic E-state index is 0.254. The summed E-state index contributed by atoms with van der Waals surface area (Å²) in [4.78, 5) is 0. The lowest BCUT2D eigenvalue weighted by Gasteiger charge is -2.23. The molecule has 0 amide bonds. The van der Waals surface area contributed by atoms with E-state index in [0.717, 1.165) is 18.4 Å². The van der Waals surface area contributed by atoms with Crippen LogP contribution in [0.3, 0.4) is 0 Å². The summed E-state index contributed by atoms with van der Waals surface area (Å²) in [6, 6.07) is 17.6. The van der Waals surface area contributed by atoms with Gasteiger partial charge in [0.2, 0.25) is 0 Å². The number of rotatable bonds is 7. The molecule has 1 aliphatic heterocycles. The lowest BCUT2D eigenvalue weighted by atomic mass is 9.92. The van der Waals surface area contributed by atoms with E-state index in [2.05, 4.69) is 49.1 Å². The van der Waals surface area contributed by atoms with E-state index in [-0.39, 0.29) is 11.2 Å². The van der Waals surface area contributed by atoms with Crippen molar-refractivity contribution in [2.75, 3.05) is 13.2 Å². The zero-order valence-corrected chi connectivity index (χ0v) is 20.1. The molecule has 1 aliphatic carbocycles. The van der Waals surface area contributed by atoms with Crippen molar-refractivity contribution in [2.24, 2.45) is 0 Å². The average Bonchev–Trinajstić information content (AvgIpc) is 3.58. The molecule has 1 aromatic heterocycles. The summed E-state index contributed by atoms with van der Waals surface area (Å²) in [5.41, 5.74) is 3.65. The van der Waals surface area contributed by atoms with Crippen molar-refractivity contribution in [3.8, 4) is 11.3 Å². The van der Waals surface area contributed by atoms with Crippen LogP contribution in [0.5, 0.6) is 0 Å². The molecule has 3 aromatic rings. The SMILES string of the molecule is C=Cc1oc(-c2ccc(C3OCCCO3)cc2F)cc1/C=C\CC1(c2ccccc2)CC1.CC. The predicted molar refractivity (Wildman–Crippen MR) is 136 cm³/mol. The first kappa shape index (κ1) is 24.2. The fourth-order valence-corrected chi connectivity index (χ4v) is 4.36. The topological polar surface area (TPSA) is 31.6 Å². The molecule has 0 bridgehead atoms. The molecule has 4 heteroatoms. The van der Waals surface area contributed by atoms with Crippen LogP contribution < -0.4 is 0 Å². The van der Waals surface area contributed by atoms with Crippen LogP contribution in [0, 0.1) is 5.82 Å². The monoisotopic (exact) mass is 460 g/mol. The standard InChI is InChI=1S/C28H27FO3.C2H6/c1-2-25-20(8-6-13-28(14-15-28)22-9-4-3-5-10-22)19-26(32-25)23-12-11-21(18-24(23)29)27-30-16-7-17-31-27;1-2/h2-6,8-12,18-19,27H,1,7,13-17H2;1-2H3/b8-6-;. The molecule has 5 rings (SSSR count). The lowest BCUT2D eigenvalue weighted by molar-refractivity contribution is -0.183. The first-order chi connectivity index (χ1) is 16.7. The highest BCUT2D eigenvalue weighted by Crippen LogP contribution is 2.51. The highest BCUT2D eigenvalue weighted by Gasteiger charge is 2.42. The Morgan fingerprint density at radius 3 is 2.41 bits per heavy atom. The first-order valence-electron chi connectivity index (χ1n) is 12.2. The Morgan fingerprint density at radius 2 is 1.76 bits per heavy atom. The number of hydrogen-bond acceptors (Lipinski definition) is 3. The molecule has 2 aliphatic rings. The van der Waals surface area contributed by atoms with Gasteiger partial charge in [-0.15, -0.1) is 0 Å². The summed E-state index contributed by atoms with van der Waals surface area (Å²) in [7, 11) is 0. The number of halogens is 1. The number of allylic oxidation sites excluding steroid dienone is 1. The molecule has 1 saturated heterocycles. The number of ether oxygens (including phenoxy) is 2. The van der Waals surface area contributed by atoms with Crippen molar-refractivity contribution in [1.29, 1.82) is 0 Å². The minimum atomic E-state index is -0.509. The van der Waals surface area contributed by atoms with Gasteiger partial charge in [-0.05, 0) is 60.9 Å². The summed E-state index contributed by atoms with van der Waals surface area (Å²) in [6.45, 7) is 9.10. The minimum Gasteiger partial charge on any atom is -0.456 e. The maximum Gasteiger partial charge on any atom is 0.183 e. The van der Waals surface area contributed by atoms with Crippen molar-refractivity contribution < 1.29 is 18.3 Å². The van der Waals surface area contributed by atoms with E-state index in [1.54, 1.807) is 12.1 Å². The molecule has 2 aromatic carbocycles. The molecule has 1 saturated carbocycles. The van der Waals surface area contributed by atoms with Crippen molar-refractivity contribution in [3.05, 3.63) is 95.5 Å². The van der Waals surface area contributed by atoms with E-state index < -0.39 is 6.29 Å². The molecular weight excluding hydrogens is 427 g/mol. The van der Waals surface area contributed by atoms with Crippen LogP contribution in [0.2, 0.25) is 0 Å². The van der Waals surface area contributed by atoms with Crippen LogP contribution in [0.1, 0.15) is 68.3 Å². The van der Waals surface area contributed by atoms with Gasteiger partial charge in [0, 0.05) is 11.1 Å². The van der Waals surface area contributed by atoms with Crippen LogP contribution in [-0.2, 0) is 14.9 Å². The molecule has 2 fully saturated rings. The van der Waals surface area contributed by atoms with Crippen LogP contribution in [0.4, 0.5) is 4.39 Å². The Hall–Kier alpha value is -2.95. The van der Waals surface area contributed by atoms with Crippen LogP contribution in [0.15, 0.2) is 71.7 Å². The average molecular weight is 461 g/mol. The molecule has 178 valence electrons. The summed E-state index contributed by atoms with van der Waals surface area (Å²) in [6.07, 6.45) is 9.65. The van der Waals surface area contributed by atoms with Gasteiger partial charge in [0.15, 0.2) is 6.29 Å². The second kappa shape index (κ2) is 11.0. The van der Waals surface area contributed by atoms with Gasteiger partial charge in [0.1, 0.15) is 17.3 Å². The fraction of sp³-hybridized carbons (Fsp3) is 0.333. The van der Waals surface area contributed by atoms with E-state index in [1.807, 2.05) is 26.0 Å². The van der Waals surface area contributed by atoms with E-state index in [4.69, 9.17) is 13.9 Å². The Labute approximate surface area is 201 Å². The smallest absolute Gasteiger partial charge is 0.183 e. The second-order valence-corrected chi connectivity index (χ2v) is 8.55. The van der Waals surface area contributed by atoms with Crippen molar-refractivity contribution in [2.45, 2.75) is 51.2 Å². The number of benzene rings is 2. The Kier molecular flexibility index (Phi) is 7.81. The summed E-state index contributed by atoms with van der Waals surface area (Å²) in [5.74, 6) is 0.766. The van der Waals surface area contributed by atoms with E-state index in [1.165, 1.54) is 24.5 Å². The Morgan fingerprint density at radius 1 is 1.03 bits per heavy atom. The van der Waals surface area contributed by atoms with Gasteiger partial charge in [-0.1, -0.05) is 69.0 Å². The Bertz CT molecular complexity index is 1120. The van der Waals surface area contributed by atoms with E-state index in [0.29, 0.717) is 35.9 Å². The number of hydrogen-bond donors (Lipinski definition) is 0.